The molecule has 3 aliphatic rings. The number of methoxy groups -OCH3 is 1. The number of hydrogen-bond acceptors (Lipinski definition) is 7. The molecule has 1 aromatic heterocycles. The van der Waals surface area contributed by atoms with Gasteiger partial charge in [0.2, 0.25) is 0 Å². The van der Waals surface area contributed by atoms with E-state index in [0.717, 1.165) is 54.4 Å². The molecule has 4 N–H and O–H groups in total. The topological polar surface area (TPSA) is 125 Å². The van der Waals surface area contributed by atoms with Gasteiger partial charge in [-0.2, -0.15) is 0 Å². The minimum atomic E-state index is -0.749. The summed E-state index contributed by atoms with van der Waals surface area (Å²) in [6.45, 7) is 4.77. The van der Waals surface area contributed by atoms with Crippen LogP contribution in [-0.2, 0) is 17.9 Å². The lowest BCUT2D eigenvalue weighted by atomic mass is 9.98. The lowest BCUT2D eigenvalue weighted by Gasteiger charge is -2.22. The van der Waals surface area contributed by atoms with Crippen LogP contribution in [0.4, 0.5) is 4.79 Å². The van der Waals surface area contributed by atoms with Crippen LogP contribution in [-0.4, -0.2) is 56.5 Å². The van der Waals surface area contributed by atoms with E-state index in [-0.39, 0.29) is 11.8 Å². The number of piperidine rings is 1. The summed E-state index contributed by atoms with van der Waals surface area (Å²) in [6.07, 6.45) is 2.46. The summed E-state index contributed by atoms with van der Waals surface area (Å²) in [5.74, 6) is 1.64. The highest BCUT2D eigenvalue weighted by atomic mass is 16.5. The van der Waals surface area contributed by atoms with Crippen molar-refractivity contribution in [2.45, 2.75) is 32.0 Å². The normalized spacial score (nSPS) is 19.2. The largest absolute Gasteiger partial charge is 0.497 e. The SMILES string of the molecule is COc1ccc2c(c1)C(=O)N(C)C2.O=C1NC(=O)[C@H](c2cc3cc(CNCC4CCNCC4)ccc3o2)N1. The maximum atomic E-state index is 11.8. The highest BCUT2D eigenvalue weighted by Gasteiger charge is 2.33. The van der Waals surface area contributed by atoms with Crippen molar-refractivity contribution in [3.63, 3.8) is 0 Å². The van der Waals surface area contributed by atoms with E-state index in [4.69, 9.17) is 9.15 Å². The maximum Gasteiger partial charge on any atom is 0.322 e. The van der Waals surface area contributed by atoms with Crippen molar-refractivity contribution in [2.24, 2.45) is 5.92 Å². The maximum absolute atomic E-state index is 11.8. The quantitative estimate of drug-likeness (QED) is 0.369. The molecule has 38 heavy (non-hydrogen) atoms. The van der Waals surface area contributed by atoms with Gasteiger partial charge in [0.1, 0.15) is 17.1 Å². The van der Waals surface area contributed by atoms with Crippen molar-refractivity contribution in [2.75, 3.05) is 33.8 Å². The first kappa shape index (κ1) is 25.7. The summed E-state index contributed by atoms with van der Waals surface area (Å²) in [5, 5.41) is 12.6. The van der Waals surface area contributed by atoms with Crippen molar-refractivity contribution in [1.82, 2.24) is 26.2 Å². The zero-order chi connectivity index (χ0) is 26.6. The van der Waals surface area contributed by atoms with Crippen molar-refractivity contribution in [1.29, 1.82) is 0 Å². The molecule has 4 amide bonds. The summed E-state index contributed by atoms with van der Waals surface area (Å²) in [7, 11) is 3.40. The van der Waals surface area contributed by atoms with Gasteiger partial charge in [0.05, 0.1) is 7.11 Å². The van der Waals surface area contributed by atoms with Crippen LogP contribution >= 0.6 is 0 Å². The molecular weight excluding hydrogens is 486 g/mol. The molecule has 1 atom stereocenters. The van der Waals surface area contributed by atoms with Gasteiger partial charge >= 0.3 is 6.03 Å². The fraction of sp³-hybridized carbons (Fsp3) is 0.393. The molecule has 10 heteroatoms. The first-order valence-electron chi connectivity index (χ1n) is 12.9. The second-order valence-corrected chi connectivity index (χ2v) is 9.93. The number of amides is 4. The molecule has 200 valence electrons. The average Bonchev–Trinajstić information content (AvgIpc) is 3.58. The molecule has 3 aliphatic heterocycles. The van der Waals surface area contributed by atoms with Crippen molar-refractivity contribution < 1.29 is 23.5 Å². The molecule has 0 saturated carbocycles. The highest BCUT2D eigenvalue weighted by molar-refractivity contribution is 6.04. The second-order valence-electron chi connectivity index (χ2n) is 9.93. The van der Waals surface area contributed by atoms with Gasteiger partial charge in [-0.05, 0) is 79.9 Å². The number of furan rings is 1. The summed E-state index contributed by atoms with van der Waals surface area (Å²) in [4.78, 5) is 36.2. The Kier molecular flexibility index (Phi) is 7.62. The Morgan fingerprint density at radius 1 is 1.08 bits per heavy atom. The Bertz CT molecular complexity index is 1350. The van der Waals surface area contributed by atoms with Gasteiger partial charge in [-0.25, -0.2) is 4.79 Å². The zero-order valence-corrected chi connectivity index (χ0v) is 21.6. The molecule has 0 unspecified atom stereocenters. The third-order valence-electron chi connectivity index (χ3n) is 7.18. The van der Waals surface area contributed by atoms with Crippen molar-refractivity contribution >= 4 is 28.8 Å². The summed E-state index contributed by atoms with van der Waals surface area (Å²) < 4.78 is 10.8. The molecule has 2 fully saturated rings. The number of carbonyl (C=O) groups is 3. The molecule has 0 spiro atoms. The predicted octanol–water partition coefficient (Wildman–Crippen LogP) is 2.68. The van der Waals surface area contributed by atoms with Crippen LogP contribution < -0.4 is 26.0 Å². The van der Waals surface area contributed by atoms with Crippen LogP contribution in [0, 0.1) is 5.92 Å². The lowest BCUT2D eigenvalue weighted by molar-refractivity contribution is -0.120. The highest BCUT2D eigenvalue weighted by Crippen LogP contribution is 2.27. The van der Waals surface area contributed by atoms with E-state index in [2.05, 4.69) is 27.3 Å². The van der Waals surface area contributed by atoms with Crippen LogP contribution in [0.2, 0.25) is 0 Å². The van der Waals surface area contributed by atoms with Gasteiger partial charge in [0.15, 0.2) is 6.04 Å². The lowest BCUT2D eigenvalue weighted by Crippen LogP contribution is -2.33. The Morgan fingerprint density at radius 3 is 2.63 bits per heavy atom. The molecule has 0 bridgehead atoms. The molecule has 2 aromatic carbocycles. The van der Waals surface area contributed by atoms with Gasteiger partial charge in [0.25, 0.3) is 11.8 Å². The minimum absolute atomic E-state index is 0.0777. The molecular formula is C28H33N5O5. The molecule has 0 radical (unpaired) electrons. The molecule has 0 aliphatic carbocycles. The van der Waals surface area contributed by atoms with Gasteiger partial charge in [0, 0.05) is 31.1 Å². The molecule has 2 saturated heterocycles. The molecule has 10 nitrogen and oxygen atoms in total. The second kappa shape index (κ2) is 11.2. The van der Waals surface area contributed by atoms with E-state index in [9.17, 15) is 14.4 Å². The third-order valence-corrected chi connectivity index (χ3v) is 7.18. The van der Waals surface area contributed by atoms with Crippen LogP contribution in [0.1, 0.15) is 46.1 Å². The fourth-order valence-electron chi connectivity index (χ4n) is 5.04. The number of nitrogens with one attached hydrogen (secondary N) is 4. The zero-order valence-electron chi connectivity index (χ0n) is 21.6. The van der Waals surface area contributed by atoms with Gasteiger partial charge in [-0.3, -0.25) is 14.9 Å². The average molecular weight is 520 g/mol. The Morgan fingerprint density at radius 2 is 1.89 bits per heavy atom. The van der Waals surface area contributed by atoms with Gasteiger partial charge in [-0.15, -0.1) is 0 Å². The fourth-order valence-corrected chi connectivity index (χ4v) is 5.04. The minimum Gasteiger partial charge on any atom is -0.497 e. The summed E-state index contributed by atoms with van der Waals surface area (Å²) in [5.41, 5.74) is 3.73. The standard InChI is InChI=1S/C18H22N4O3.C10H11NO2/c23-17-16(21-18(24)22-17)15-8-13-7-12(1-2-14(13)25-15)10-20-9-11-3-5-19-6-4-11;1-11-6-7-3-4-8(13-2)5-9(7)10(11)12/h1-2,7-8,11,16,19-20H,3-6,9-10H2,(H2,21,22,23,24);3-5H,6H2,1-2H3/t16-;/m0./s1. The van der Waals surface area contributed by atoms with Crippen molar-refractivity contribution in [3.8, 4) is 5.75 Å². The third kappa shape index (κ3) is 5.66. The number of imide groups is 1. The Balaban J connectivity index is 0.000000190. The number of rotatable bonds is 6. The van der Waals surface area contributed by atoms with Crippen molar-refractivity contribution in [3.05, 3.63) is 64.9 Å². The number of fused-ring (bicyclic) bond motifs is 2. The first-order chi connectivity index (χ1) is 18.4. The number of ether oxygens (including phenoxy) is 1. The Hall–Kier alpha value is -3.89. The van der Waals surface area contributed by atoms with Crippen LogP contribution in [0.25, 0.3) is 11.0 Å². The molecule has 3 aromatic rings. The van der Waals surface area contributed by atoms with E-state index in [1.807, 2.05) is 30.3 Å². The van der Waals surface area contributed by atoms with E-state index in [1.165, 1.54) is 18.4 Å². The number of carbonyl (C=O) groups excluding carboxylic acids is 3. The van der Waals surface area contributed by atoms with Crippen LogP contribution in [0.3, 0.4) is 0 Å². The molecule has 6 rings (SSSR count). The number of urea groups is 1. The number of nitrogens with zero attached hydrogens (tertiary/aromatic N) is 1. The van der Waals surface area contributed by atoms with E-state index in [1.54, 1.807) is 25.1 Å². The monoisotopic (exact) mass is 519 g/mol. The summed E-state index contributed by atoms with van der Waals surface area (Å²) in [6, 6.07) is 12.2. The predicted molar refractivity (Wildman–Crippen MR) is 142 cm³/mol. The van der Waals surface area contributed by atoms with E-state index >= 15 is 0 Å². The Labute approximate surface area is 221 Å². The van der Waals surface area contributed by atoms with E-state index < -0.39 is 12.1 Å². The van der Waals surface area contributed by atoms with Crippen LogP contribution in [0.15, 0.2) is 46.9 Å². The number of hydrogen-bond donors (Lipinski definition) is 4. The van der Waals surface area contributed by atoms with Crippen LogP contribution in [0.5, 0.6) is 5.75 Å². The number of benzene rings is 2. The summed E-state index contributed by atoms with van der Waals surface area (Å²) >= 11 is 0. The smallest absolute Gasteiger partial charge is 0.322 e. The van der Waals surface area contributed by atoms with Gasteiger partial charge < -0.3 is 30.0 Å². The first-order valence-corrected chi connectivity index (χ1v) is 12.9. The van der Waals surface area contributed by atoms with Gasteiger partial charge in [-0.1, -0.05) is 12.1 Å². The van der Waals surface area contributed by atoms with E-state index in [0.29, 0.717) is 17.9 Å². The molecule has 4 heterocycles.